The van der Waals surface area contributed by atoms with Gasteiger partial charge in [0, 0.05) is 6.08 Å². The zero-order valence-corrected chi connectivity index (χ0v) is 14.9. The fraction of sp³-hybridized carbons (Fsp3) is 0.471. The van der Waals surface area contributed by atoms with Gasteiger partial charge in [-0.3, -0.25) is 0 Å². The summed E-state index contributed by atoms with van der Waals surface area (Å²) >= 11 is 0. The molecule has 4 heteroatoms. The van der Waals surface area contributed by atoms with Crippen molar-refractivity contribution in [2.45, 2.75) is 52.2 Å². The van der Waals surface area contributed by atoms with E-state index in [0.717, 1.165) is 16.9 Å². The van der Waals surface area contributed by atoms with Gasteiger partial charge in [0.25, 0.3) is 0 Å². The molecule has 1 N–H and O–H groups in total. The minimum Gasteiger partial charge on any atom is -0.543 e. The molecule has 0 bridgehead atoms. The topological polar surface area (TPSA) is 46.5 Å². The molecular formula is C17H26O3Si. The molecule has 0 aromatic heterocycles. The van der Waals surface area contributed by atoms with Gasteiger partial charge in [0.05, 0.1) is 0 Å². The van der Waals surface area contributed by atoms with Crippen molar-refractivity contribution in [1.82, 2.24) is 0 Å². The fourth-order valence-electron chi connectivity index (χ4n) is 1.75. The van der Waals surface area contributed by atoms with Crippen LogP contribution in [0, 0.1) is 0 Å². The van der Waals surface area contributed by atoms with Crippen LogP contribution in [0.1, 0.15) is 39.7 Å². The fourth-order valence-corrected chi connectivity index (χ4v) is 2.77. The van der Waals surface area contributed by atoms with Gasteiger partial charge in [-0.2, -0.15) is 0 Å². The number of carboxylic acid groups (broad SMARTS) is 1. The van der Waals surface area contributed by atoms with Crippen LogP contribution in [0.15, 0.2) is 30.3 Å². The van der Waals surface area contributed by atoms with Crippen LogP contribution in [0.2, 0.25) is 18.1 Å². The lowest BCUT2D eigenvalue weighted by atomic mass is 10.0. The standard InChI is InChI=1S/C17H26O3Si/c1-7-13(12-16(18)19)14-9-8-10-15(11-14)20-21(5,6)17(2,3)4/h8-12H,7H2,1-6H3,(H,18,19)/b13-12+. The van der Waals surface area contributed by atoms with E-state index in [1.54, 1.807) is 0 Å². The SMILES string of the molecule is CC/C(=C\C(=O)O)c1cccc(O[Si](C)(C)C(C)(C)C)c1. The second-order valence-corrected chi connectivity index (χ2v) is 11.5. The van der Waals surface area contributed by atoms with E-state index >= 15 is 0 Å². The van der Waals surface area contributed by atoms with E-state index in [1.807, 2.05) is 31.2 Å². The van der Waals surface area contributed by atoms with Crippen molar-refractivity contribution < 1.29 is 14.3 Å². The Labute approximate surface area is 128 Å². The number of carbonyl (C=O) groups is 1. The summed E-state index contributed by atoms with van der Waals surface area (Å²) in [6, 6.07) is 7.73. The first-order valence-electron chi connectivity index (χ1n) is 7.30. The predicted molar refractivity (Wildman–Crippen MR) is 90.2 cm³/mol. The molecule has 0 saturated heterocycles. The minimum atomic E-state index is -1.88. The van der Waals surface area contributed by atoms with Crippen LogP contribution < -0.4 is 4.43 Å². The molecule has 1 aromatic rings. The molecule has 0 heterocycles. The van der Waals surface area contributed by atoms with Crippen molar-refractivity contribution in [3.8, 4) is 5.75 Å². The molecule has 1 rings (SSSR count). The van der Waals surface area contributed by atoms with Crippen LogP contribution in [0.4, 0.5) is 0 Å². The highest BCUT2D eigenvalue weighted by molar-refractivity contribution is 6.74. The third-order valence-electron chi connectivity index (χ3n) is 4.06. The van der Waals surface area contributed by atoms with Crippen molar-refractivity contribution in [2.24, 2.45) is 0 Å². The van der Waals surface area contributed by atoms with Crippen LogP contribution in [0.25, 0.3) is 5.57 Å². The molecule has 0 fully saturated rings. The summed E-state index contributed by atoms with van der Waals surface area (Å²) < 4.78 is 6.27. The van der Waals surface area contributed by atoms with E-state index in [2.05, 4.69) is 33.9 Å². The molecule has 0 aliphatic heterocycles. The Hall–Kier alpha value is -1.55. The summed E-state index contributed by atoms with van der Waals surface area (Å²) in [5, 5.41) is 9.07. The van der Waals surface area contributed by atoms with Gasteiger partial charge >= 0.3 is 5.97 Å². The normalized spacial score (nSPS) is 13.1. The molecule has 116 valence electrons. The summed E-state index contributed by atoms with van der Waals surface area (Å²) in [5.41, 5.74) is 1.72. The van der Waals surface area contributed by atoms with E-state index in [9.17, 15) is 4.79 Å². The van der Waals surface area contributed by atoms with Crippen LogP contribution in [-0.4, -0.2) is 19.4 Å². The molecular weight excluding hydrogens is 280 g/mol. The highest BCUT2D eigenvalue weighted by atomic mass is 28.4. The zero-order chi connectivity index (χ0) is 16.3. The van der Waals surface area contributed by atoms with Gasteiger partial charge in [0.1, 0.15) is 5.75 Å². The van der Waals surface area contributed by atoms with E-state index in [-0.39, 0.29) is 5.04 Å². The zero-order valence-electron chi connectivity index (χ0n) is 13.9. The van der Waals surface area contributed by atoms with Gasteiger partial charge in [0.15, 0.2) is 0 Å². The number of carboxylic acids is 1. The van der Waals surface area contributed by atoms with E-state index in [0.29, 0.717) is 6.42 Å². The van der Waals surface area contributed by atoms with Crippen molar-refractivity contribution >= 4 is 19.9 Å². The third-order valence-corrected chi connectivity index (χ3v) is 8.42. The lowest BCUT2D eigenvalue weighted by Gasteiger charge is -2.36. The number of rotatable bonds is 5. The Bertz CT molecular complexity index is 539. The van der Waals surface area contributed by atoms with Crippen molar-refractivity contribution in [1.29, 1.82) is 0 Å². The maximum atomic E-state index is 10.9. The molecule has 0 aliphatic carbocycles. The van der Waals surface area contributed by atoms with E-state index in [1.165, 1.54) is 6.08 Å². The molecule has 0 spiro atoms. The average molecular weight is 306 g/mol. The predicted octanol–water partition coefficient (Wildman–Crippen LogP) is 4.95. The average Bonchev–Trinajstić information content (AvgIpc) is 2.34. The Morgan fingerprint density at radius 1 is 1.33 bits per heavy atom. The summed E-state index contributed by atoms with van der Waals surface area (Å²) in [4.78, 5) is 10.9. The number of benzene rings is 1. The quantitative estimate of drug-likeness (QED) is 0.618. The van der Waals surface area contributed by atoms with E-state index in [4.69, 9.17) is 9.53 Å². The molecule has 0 atom stereocenters. The second kappa shape index (κ2) is 6.48. The minimum absolute atomic E-state index is 0.132. The number of aliphatic carboxylic acids is 1. The second-order valence-electron chi connectivity index (χ2n) is 6.75. The highest BCUT2D eigenvalue weighted by Gasteiger charge is 2.38. The van der Waals surface area contributed by atoms with Crippen LogP contribution in [-0.2, 0) is 4.79 Å². The largest absolute Gasteiger partial charge is 0.543 e. The summed E-state index contributed by atoms with van der Waals surface area (Å²) in [5.74, 6) is -0.0913. The van der Waals surface area contributed by atoms with Gasteiger partial charge in [-0.05, 0) is 47.8 Å². The Morgan fingerprint density at radius 3 is 2.43 bits per heavy atom. The van der Waals surface area contributed by atoms with Gasteiger partial charge in [0.2, 0.25) is 8.32 Å². The molecule has 0 aliphatic rings. The van der Waals surface area contributed by atoms with Gasteiger partial charge < -0.3 is 9.53 Å². The van der Waals surface area contributed by atoms with Crippen LogP contribution >= 0.6 is 0 Å². The third kappa shape index (κ3) is 4.74. The molecule has 0 unspecified atom stereocenters. The summed E-state index contributed by atoms with van der Waals surface area (Å²) in [6.07, 6.45) is 1.95. The van der Waals surface area contributed by atoms with E-state index < -0.39 is 14.3 Å². The first-order valence-corrected chi connectivity index (χ1v) is 10.2. The van der Waals surface area contributed by atoms with Crippen molar-refractivity contribution in [2.75, 3.05) is 0 Å². The number of allylic oxidation sites excluding steroid dienone is 1. The Morgan fingerprint density at radius 2 is 1.95 bits per heavy atom. The maximum Gasteiger partial charge on any atom is 0.328 e. The van der Waals surface area contributed by atoms with Crippen molar-refractivity contribution in [3.63, 3.8) is 0 Å². The van der Waals surface area contributed by atoms with Crippen molar-refractivity contribution in [3.05, 3.63) is 35.9 Å². The van der Waals surface area contributed by atoms with Gasteiger partial charge in [-0.15, -0.1) is 0 Å². The molecule has 1 aromatic carbocycles. The first kappa shape index (κ1) is 17.5. The van der Waals surface area contributed by atoms with Gasteiger partial charge in [-0.1, -0.05) is 39.8 Å². The molecule has 0 saturated carbocycles. The van der Waals surface area contributed by atoms with Crippen LogP contribution in [0.5, 0.6) is 5.75 Å². The molecule has 3 nitrogen and oxygen atoms in total. The Kier molecular flexibility index (Phi) is 5.40. The number of hydrogen-bond acceptors (Lipinski definition) is 2. The maximum absolute atomic E-state index is 10.9. The lowest BCUT2D eigenvalue weighted by Crippen LogP contribution is -2.43. The van der Waals surface area contributed by atoms with Gasteiger partial charge in [-0.25, -0.2) is 4.79 Å². The molecule has 0 radical (unpaired) electrons. The monoisotopic (exact) mass is 306 g/mol. The lowest BCUT2D eigenvalue weighted by molar-refractivity contribution is -0.131. The molecule has 0 amide bonds. The first-order chi connectivity index (χ1) is 9.56. The smallest absolute Gasteiger partial charge is 0.328 e. The summed E-state index contributed by atoms with van der Waals surface area (Å²) in [7, 11) is -1.88. The molecule has 21 heavy (non-hydrogen) atoms. The highest BCUT2D eigenvalue weighted by Crippen LogP contribution is 2.37. The van der Waals surface area contributed by atoms with Crippen LogP contribution in [0.3, 0.4) is 0 Å². The summed E-state index contributed by atoms with van der Waals surface area (Å²) in [6.45, 7) is 13.0. The Balaban J connectivity index is 3.09. The number of hydrogen-bond donors (Lipinski definition) is 1.